The number of aryl methyl sites for hydroxylation is 1. The minimum atomic E-state index is 0.736. The second-order valence-electron chi connectivity index (χ2n) is 5.93. The number of imidazole rings is 1. The number of fused-ring (bicyclic) bond motifs is 1. The fraction of sp³-hybridized carbons (Fsp3) is 0.588. The molecule has 0 atom stereocenters. The molecule has 1 aliphatic rings. The summed E-state index contributed by atoms with van der Waals surface area (Å²) in [5.74, 6) is 1.11. The highest BCUT2D eigenvalue weighted by Crippen LogP contribution is 2.17. The maximum absolute atomic E-state index is 4.68. The molecule has 0 aliphatic heterocycles. The zero-order chi connectivity index (χ0) is 13.8. The number of hydrogen-bond donors (Lipinski definition) is 2. The largest absolute Gasteiger partial charge is 0.342 e. The van der Waals surface area contributed by atoms with Gasteiger partial charge in [0.1, 0.15) is 5.82 Å². The predicted molar refractivity (Wildman–Crippen MR) is 84.1 cm³/mol. The third kappa shape index (κ3) is 3.21. The lowest BCUT2D eigenvalue weighted by molar-refractivity contribution is 0.375. The van der Waals surface area contributed by atoms with Crippen LogP contribution >= 0.6 is 0 Å². The molecule has 0 saturated heterocycles. The first-order chi connectivity index (χ1) is 9.85. The molecular weight excluding hydrogens is 246 g/mol. The number of hydrogen-bond acceptors (Lipinski definition) is 2. The van der Waals surface area contributed by atoms with Crippen LogP contribution < -0.4 is 5.32 Å². The third-order valence-corrected chi connectivity index (χ3v) is 4.40. The summed E-state index contributed by atoms with van der Waals surface area (Å²) >= 11 is 0. The van der Waals surface area contributed by atoms with Crippen LogP contribution in [0.2, 0.25) is 0 Å². The molecule has 3 rings (SSSR count). The number of nitrogens with one attached hydrogen (secondary N) is 2. The number of benzene rings is 1. The van der Waals surface area contributed by atoms with Gasteiger partial charge in [-0.3, -0.25) is 0 Å². The second kappa shape index (κ2) is 6.40. The Morgan fingerprint density at radius 3 is 2.90 bits per heavy atom. The van der Waals surface area contributed by atoms with Gasteiger partial charge in [0, 0.05) is 19.0 Å². The van der Waals surface area contributed by atoms with Crippen molar-refractivity contribution in [1.82, 2.24) is 15.3 Å². The summed E-state index contributed by atoms with van der Waals surface area (Å²) < 4.78 is 0. The van der Waals surface area contributed by atoms with Gasteiger partial charge in [0.15, 0.2) is 0 Å². The van der Waals surface area contributed by atoms with E-state index in [1.165, 1.54) is 43.2 Å². The zero-order valence-corrected chi connectivity index (χ0v) is 12.4. The van der Waals surface area contributed by atoms with Crippen LogP contribution in [-0.2, 0) is 12.8 Å². The normalized spacial score (nSPS) is 16.9. The van der Waals surface area contributed by atoms with Crippen molar-refractivity contribution in [2.45, 2.75) is 57.9 Å². The van der Waals surface area contributed by atoms with Crippen molar-refractivity contribution in [2.24, 2.45) is 0 Å². The SMILES string of the molecule is CCc1ccc2nc(CCNC3CCCCC3)[nH]c2c1. The number of aromatic nitrogens is 2. The molecule has 1 aliphatic carbocycles. The molecule has 108 valence electrons. The molecule has 0 bridgehead atoms. The van der Waals surface area contributed by atoms with Crippen molar-refractivity contribution in [2.75, 3.05) is 6.54 Å². The first-order valence-corrected chi connectivity index (χ1v) is 8.06. The van der Waals surface area contributed by atoms with Crippen LogP contribution in [0.15, 0.2) is 18.2 Å². The molecule has 0 unspecified atom stereocenters. The Morgan fingerprint density at radius 2 is 2.10 bits per heavy atom. The molecule has 2 N–H and O–H groups in total. The predicted octanol–water partition coefficient (Wildman–Crippen LogP) is 3.59. The lowest BCUT2D eigenvalue weighted by atomic mass is 9.95. The van der Waals surface area contributed by atoms with Gasteiger partial charge in [-0.1, -0.05) is 32.3 Å². The minimum absolute atomic E-state index is 0.736. The molecule has 1 fully saturated rings. The van der Waals surface area contributed by atoms with E-state index in [4.69, 9.17) is 0 Å². The van der Waals surface area contributed by atoms with Gasteiger partial charge in [-0.25, -0.2) is 4.98 Å². The van der Waals surface area contributed by atoms with Gasteiger partial charge in [0.05, 0.1) is 11.0 Å². The summed E-state index contributed by atoms with van der Waals surface area (Å²) in [6.45, 7) is 3.22. The summed E-state index contributed by atoms with van der Waals surface area (Å²) in [7, 11) is 0. The van der Waals surface area contributed by atoms with Crippen LogP contribution in [0.25, 0.3) is 11.0 Å². The van der Waals surface area contributed by atoms with E-state index < -0.39 is 0 Å². The number of rotatable bonds is 5. The molecule has 0 amide bonds. The average Bonchev–Trinajstić information content (AvgIpc) is 2.90. The fourth-order valence-corrected chi connectivity index (χ4v) is 3.15. The minimum Gasteiger partial charge on any atom is -0.342 e. The number of aromatic amines is 1. The molecule has 3 nitrogen and oxygen atoms in total. The second-order valence-corrected chi connectivity index (χ2v) is 5.93. The van der Waals surface area contributed by atoms with Crippen LogP contribution in [0.3, 0.4) is 0 Å². The van der Waals surface area contributed by atoms with Gasteiger partial charge in [-0.05, 0) is 37.0 Å². The molecule has 1 aromatic heterocycles. The lowest BCUT2D eigenvalue weighted by Gasteiger charge is -2.22. The van der Waals surface area contributed by atoms with Crippen molar-refractivity contribution < 1.29 is 0 Å². The van der Waals surface area contributed by atoms with E-state index in [2.05, 4.69) is 40.4 Å². The fourth-order valence-electron chi connectivity index (χ4n) is 3.15. The first-order valence-electron chi connectivity index (χ1n) is 8.06. The monoisotopic (exact) mass is 271 g/mol. The van der Waals surface area contributed by atoms with Crippen LogP contribution in [0.5, 0.6) is 0 Å². The van der Waals surface area contributed by atoms with Gasteiger partial charge >= 0.3 is 0 Å². The smallest absolute Gasteiger partial charge is 0.108 e. The summed E-state index contributed by atoms with van der Waals surface area (Å²) in [5, 5.41) is 3.68. The van der Waals surface area contributed by atoms with Crippen LogP contribution in [-0.4, -0.2) is 22.6 Å². The molecule has 1 heterocycles. The Bertz CT molecular complexity index is 552. The van der Waals surface area contributed by atoms with Gasteiger partial charge in [0.2, 0.25) is 0 Å². The Kier molecular flexibility index (Phi) is 4.36. The average molecular weight is 271 g/mol. The molecular formula is C17H25N3. The maximum Gasteiger partial charge on any atom is 0.108 e. The van der Waals surface area contributed by atoms with Crippen molar-refractivity contribution in [1.29, 1.82) is 0 Å². The number of nitrogens with zero attached hydrogens (tertiary/aromatic N) is 1. The highest BCUT2D eigenvalue weighted by atomic mass is 14.9. The summed E-state index contributed by atoms with van der Waals surface area (Å²) in [6.07, 6.45) is 8.96. The topological polar surface area (TPSA) is 40.7 Å². The van der Waals surface area contributed by atoms with Crippen LogP contribution in [0.1, 0.15) is 50.4 Å². The molecule has 3 heteroatoms. The molecule has 0 spiro atoms. The van der Waals surface area contributed by atoms with E-state index in [-0.39, 0.29) is 0 Å². The van der Waals surface area contributed by atoms with Gasteiger partial charge in [0.25, 0.3) is 0 Å². The van der Waals surface area contributed by atoms with Crippen molar-refractivity contribution in [3.8, 4) is 0 Å². The summed E-state index contributed by atoms with van der Waals surface area (Å²) in [4.78, 5) is 8.13. The first kappa shape index (κ1) is 13.6. The third-order valence-electron chi connectivity index (χ3n) is 4.40. The molecule has 2 aromatic rings. The highest BCUT2D eigenvalue weighted by Gasteiger charge is 2.12. The van der Waals surface area contributed by atoms with Crippen molar-refractivity contribution >= 4 is 11.0 Å². The van der Waals surface area contributed by atoms with E-state index in [9.17, 15) is 0 Å². The van der Waals surface area contributed by atoms with Gasteiger partial charge in [-0.2, -0.15) is 0 Å². The summed E-state index contributed by atoms with van der Waals surface area (Å²) in [5.41, 5.74) is 3.64. The van der Waals surface area contributed by atoms with E-state index in [0.29, 0.717) is 0 Å². The lowest BCUT2D eigenvalue weighted by Crippen LogP contribution is -2.32. The van der Waals surface area contributed by atoms with E-state index in [1.54, 1.807) is 0 Å². The molecule has 1 saturated carbocycles. The Morgan fingerprint density at radius 1 is 1.25 bits per heavy atom. The zero-order valence-electron chi connectivity index (χ0n) is 12.4. The Balaban J connectivity index is 1.57. The highest BCUT2D eigenvalue weighted by molar-refractivity contribution is 5.75. The Labute approximate surface area is 121 Å². The molecule has 20 heavy (non-hydrogen) atoms. The van der Waals surface area contributed by atoms with E-state index >= 15 is 0 Å². The summed E-state index contributed by atoms with van der Waals surface area (Å²) in [6, 6.07) is 7.26. The standard InChI is InChI=1S/C17H25N3/c1-2-13-8-9-15-16(12-13)20-17(19-15)10-11-18-14-6-4-3-5-7-14/h8-9,12,14,18H,2-7,10-11H2,1H3,(H,19,20). The van der Waals surface area contributed by atoms with Crippen molar-refractivity contribution in [3.05, 3.63) is 29.6 Å². The van der Waals surface area contributed by atoms with Gasteiger partial charge in [-0.15, -0.1) is 0 Å². The Hall–Kier alpha value is -1.35. The van der Waals surface area contributed by atoms with E-state index in [1.807, 2.05) is 0 Å². The maximum atomic E-state index is 4.68. The molecule has 0 radical (unpaired) electrons. The number of H-pyrrole nitrogens is 1. The van der Waals surface area contributed by atoms with Crippen LogP contribution in [0.4, 0.5) is 0 Å². The molecule has 1 aromatic carbocycles. The quantitative estimate of drug-likeness (QED) is 0.872. The van der Waals surface area contributed by atoms with Crippen molar-refractivity contribution in [3.63, 3.8) is 0 Å². The van der Waals surface area contributed by atoms with Crippen LogP contribution in [0, 0.1) is 0 Å². The van der Waals surface area contributed by atoms with Gasteiger partial charge < -0.3 is 10.3 Å². The van der Waals surface area contributed by atoms with E-state index in [0.717, 1.165) is 36.8 Å².